The van der Waals surface area contributed by atoms with E-state index in [0.717, 1.165) is 37.3 Å². The number of aromatic amines is 1. The number of nitrogens with one attached hydrogen (secondary N) is 2. The van der Waals surface area contributed by atoms with E-state index in [2.05, 4.69) is 22.2 Å². The van der Waals surface area contributed by atoms with Crippen LogP contribution < -0.4 is 5.32 Å². The average Bonchev–Trinajstić information content (AvgIpc) is 3.05. The van der Waals surface area contributed by atoms with Crippen LogP contribution in [0.2, 0.25) is 0 Å². The molecule has 2 aromatic heterocycles. The van der Waals surface area contributed by atoms with Gasteiger partial charge in [0.1, 0.15) is 11.5 Å². The van der Waals surface area contributed by atoms with Gasteiger partial charge in [-0.05, 0) is 25.0 Å². The van der Waals surface area contributed by atoms with Crippen LogP contribution in [-0.2, 0) is 13.0 Å². The maximum atomic E-state index is 12.0. The van der Waals surface area contributed by atoms with Gasteiger partial charge >= 0.3 is 0 Å². The number of H-pyrrole nitrogens is 1. The first-order chi connectivity index (χ1) is 9.31. The second kappa shape index (κ2) is 6.78. The molecule has 0 aromatic carbocycles. The Morgan fingerprint density at radius 3 is 3.16 bits per heavy atom. The summed E-state index contributed by atoms with van der Waals surface area (Å²) in [5, 5.41) is 2.94. The number of aromatic nitrogens is 3. The molecular formula is C14H20N4O. The van der Waals surface area contributed by atoms with E-state index in [1.54, 1.807) is 6.20 Å². The van der Waals surface area contributed by atoms with Crippen LogP contribution in [0.5, 0.6) is 0 Å². The first kappa shape index (κ1) is 13.4. The average molecular weight is 260 g/mol. The summed E-state index contributed by atoms with van der Waals surface area (Å²) in [6.07, 6.45) is 8.25. The molecule has 1 amide bonds. The number of rotatable bonds is 7. The number of nitrogens with zero attached hydrogens (tertiary/aromatic N) is 2. The molecule has 19 heavy (non-hydrogen) atoms. The number of carbonyl (C=O) groups is 1. The third kappa shape index (κ3) is 3.71. The summed E-state index contributed by atoms with van der Waals surface area (Å²) < 4.78 is 1.99. The van der Waals surface area contributed by atoms with E-state index in [9.17, 15) is 4.79 Å². The van der Waals surface area contributed by atoms with Crippen LogP contribution in [0, 0.1) is 0 Å². The van der Waals surface area contributed by atoms with Crippen molar-refractivity contribution in [2.45, 2.75) is 32.7 Å². The van der Waals surface area contributed by atoms with Crippen LogP contribution in [0.4, 0.5) is 0 Å². The molecule has 2 rings (SSSR count). The lowest BCUT2D eigenvalue weighted by atomic mass is 10.3. The highest BCUT2D eigenvalue weighted by molar-refractivity contribution is 5.92. The molecule has 0 aliphatic heterocycles. The Bertz CT molecular complexity index is 501. The SMILES string of the molecule is CCCn1cccc1C(=O)NCCCc1ncc[nH]1. The van der Waals surface area contributed by atoms with Gasteiger partial charge in [-0.3, -0.25) is 4.79 Å². The molecule has 5 nitrogen and oxygen atoms in total. The van der Waals surface area contributed by atoms with Crippen molar-refractivity contribution in [3.63, 3.8) is 0 Å². The van der Waals surface area contributed by atoms with Crippen LogP contribution in [0.3, 0.4) is 0 Å². The Kier molecular flexibility index (Phi) is 4.78. The summed E-state index contributed by atoms with van der Waals surface area (Å²) in [6.45, 7) is 3.64. The summed E-state index contributed by atoms with van der Waals surface area (Å²) in [6, 6.07) is 3.77. The van der Waals surface area contributed by atoms with E-state index in [4.69, 9.17) is 0 Å². The van der Waals surface area contributed by atoms with Gasteiger partial charge in [-0.25, -0.2) is 4.98 Å². The molecule has 2 heterocycles. The third-order valence-corrected chi connectivity index (χ3v) is 2.96. The third-order valence-electron chi connectivity index (χ3n) is 2.96. The molecule has 102 valence electrons. The first-order valence-corrected chi connectivity index (χ1v) is 6.73. The molecule has 0 unspecified atom stereocenters. The van der Waals surface area contributed by atoms with Gasteiger partial charge in [0.25, 0.3) is 5.91 Å². The predicted octanol–water partition coefficient (Wildman–Crippen LogP) is 1.98. The second-order valence-corrected chi connectivity index (χ2v) is 4.48. The highest BCUT2D eigenvalue weighted by Gasteiger charge is 2.09. The fourth-order valence-electron chi connectivity index (χ4n) is 2.04. The summed E-state index contributed by atoms with van der Waals surface area (Å²) in [5.41, 5.74) is 0.736. The molecule has 0 fully saturated rings. The van der Waals surface area contributed by atoms with Crippen molar-refractivity contribution < 1.29 is 4.79 Å². The van der Waals surface area contributed by atoms with Gasteiger partial charge in [0, 0.05) is 38.1 Å². The maximum absolute atomic E-state index is 12.0. The summed E-state index contributed by atoms with van der Waals surface area (Å²) in [4.78, 5) is 19.2. The summed E-state index contributed by atoms with van der Waals surface area (Å²) >= 11 is 0. The number of carbonyl (C=O) groups excluding carboxylic acids is 1. The Morgan fingerprint density at radius 1 is 1.53 bits per heavy atom. The lowest BCUT2D eigenvalue weighted by Crippen LogP contribution is -2.27. The highest BCUT2D eigenvalue weighted by atomic mass is 16.1. The van der Waals surface area contributed by atoms with Gasteiger partial charge in [0.2, 0.25) is 0 Å². The summed E-state index contributed by atoms with van der Waals surface area (Å²) in [5.74, 6) is 0.960. The molecule has 0 spiro atoms. The number of amides is 1. The topological polar surface area (TPSA) is 62.7 Å². The second-order valence-electron chi connectivity index (χ2n) is 4.48. The van der Waals surface area contributed by atoms with Gasteiger partial charge in [0.05, 0.1) is 0 Å². The van der Waals surface area contributed by atoms with Gasteiger partial charge in [-0.15, -0.1) is 0 Å². The molecule has 0 aliphatic carbocycles. The lowest BCUT2D eigenvalue weighted by Gasteiger charge is -2.08. The highest BCUT2D eigenvalue weighted by Crippen LogP contribution is 2.03. The quantitative estimate of drug-likeness (QED) is 0.748. The number of aryl methyl sites for hydroxylation is 2. The molecule has 0 atom stereocenters. The molecule has 0 saturated carbocycles. The number of hydrogen-bond acceptors (Lipinski definition) is 2. The van der Waals surface area contributed by atoms with E-state index >= 15 is 0 Å². The van der Waals surface area contributed by atoms with Crippen LogP contribution in [-0.4, -0.2) is 27.0 Å². The van der Waals surface area contributed by atoms with Crippen LogP contribution in [0.1, 0.15) is 36.1 Å². The molecule has 2 N–H and O–H groups in total. The smallest absolute Gasteiger partial charge is 0.267 e. The minimum absolute atomic E-state index is 0.00195. The fourth-order valence-corrected chi connectivity index (χ4v) is 2.04. The Morgan fingerprint density at radius 2 is 2.42 bits per heavy atom. The van der Waals surface area contributed by atoms with E-state index in [1.807, 2.05) is 29.1 Å². The zero-order valence-corrected chi connectivity index (χ0v) is 11.2. The van der Waals surface area contributed by atoms with Crippen molar-refractivity contribution in [1.82, 2.24) is 19.9 Å². The van der Waals surface area contributed by atoms with Crippen LogP contribution in [0.15, 0.2) is 30.7 Å². The lowest BCUT2D eigenvalue weighted by molar-refractivity contribution is 0.0944. The Labute approximate surface area is 113 Å². The van der Waals surface area contributed by atoms with Crippen molar-refractivity contribution in [1.29, 1.82) is 0 Å². The van der Waals surface area contributed by atoms with Crippen molar-refractivity contribution in [2.24, 2.45) is 0 Å². The molecule has 0 bridgehead atoms. The van der Waals surface area contributed by atoms with Gasteiger partial charge in [-0.2, -0.15) is 0 Å². The van der Waals surface area contributed by atoms with Gasteiger partial charge in [0.15, 0.2) is 0 Å². The number of imidazole rings is 1. The molecular weight excluding hydrogens is 240 g/mol. The van der Waals surface area contributed by atoms with E-state index < -0.39 is 0 Å². The zero-order chi connectivity index (χ0) is 13.5. The standard InChI is InChI=1S/C14H20N4O/c1-2-10-18-11-4-5-12(18)14(19)17-7-3-6-13-15-8-9-16-13/h4-5,8-9,11H,2-3,6-7,10H2,1H3,(H,15,16)(H,17,19). The molecule has 2 aromatic rings. The first-order valence-electron chi connectivity index (χ1n) is 6.73. The van der Waals surface area contributed by atoms with E-state index in [-0.39, 0.29) is 5.91 Å². The van der Waals surface area contributed by atoms with Gasteiger partial charge < -0.3 is 14.9 Å². The predicted molar refractivity (Wildman–Crippen MR) is 74.0 cm³/mol. The van der Waals surface area contributed by atoms with E-state index in [1.165, 1.54) is 0 Å². The van der Waals surface area contributed by atoms with Crippen molar-refractivity contribution in [3.8, 4) is 0 Å². The Hall–Kier alpha value is -2.04. The molecule has 0 radical (unpaired) electrons. The van der Waals surface area contributed by atoms with Crippen LogP contribution >= 0.6 is 0 Å². The zero-order valence-electron chi connectivity index (χ0n) is 11.2. The van der Waals surface area contributed by atoms with Crippen molar-refractivity contribution in [2.75, 3.05) is 6.54 Å². The molecule has 0 saturated heterocycles. The van der Waals surface area contributed by atoms with Crippen LogP contribution in [0.25, 0.3) is 0 Å². The van der Waals surface area contributed by atoms with Crippen molar-refractivity contribution >= 4 is 5.91 Å². The normalized spacial score (nSPS) is 10.6. The monoisotopic (exact) mass is 260 g/mol. The van der Waals surface area contributed by atoms with E-state index in [0.29, 0.717) is 6.54 Å². The summed E-state index contributed by atoms with van der Waals surface area (Å²) in [7, 11) is 0. The molecule has 5 heteroatoms. The minimum Gasteiger partial charge on any atom is -0.351 e. The fraction of sp³-hybridized carbons (Fsp3) is 0.429. The maximum Gasteiger partial charge on any atom is 0.267 e. The van der Waals surface area contributed by atoms with Crippen molar-refractivity contribution in [3.05, 3.63) is 42.2 Å². The minimum atomic E-state index is -0.00195. The molecule has 0 aliphatic rings. The number of hydrogen-bond donors (Lipinski definition) is 2. The largest absolute Gasteiger partial charge is 0.351 e. The Balaban J connectivity index is 1.76. The van der Waals surface area contributed by atoms with Gasteiger partial charge in [-0.1, -0.05) is 6.92 Å².